The van der Waals surface area contributed by atoms with Gasteiger partial charge in [-0.25, -0.2) is 0 Å². The standard InChI is InChI=1S/C23H29NO6/c1-5-28-19-10-12-20(13-11-19)29-15-14-21(25)30-22(16(2)3)23(26)24-17-6-8-18(27-4)9-7-17/h6-13,16,22H,5,14-15H2,1-4H3,(H,24,26). The Morgan fingerprint density at radius 1 is 0.900 bits per heavy atom. The zero-order valence-corrected chi connectivity index (χ0v) is 17.8. The highest BCUT2D eigenvalue weighted by molar-refractivity contribution is 5.95. The second kappa shape index (κ2) is 11.7. The average molecular weight is 415 g/mol. The van der Waals surface area contributed by atoms with E-state index in [2.05, 4.69) is 5.32 Å². The molecule has 162 valence electrons. The van der Waals surface area contributed by atoms with Crippen LogP contribution >= 0.6 is 0 Å². The first kappa shape index (κ1) is 23.1. The van der Waals surface area contributed by atoms with Gasteiger partial charge in [-0.2, -0.15) is 0 Å². The second-order valence-corrected chi connectivity index (χ2v) is 6.88. The average Bonchev–Trinajstić information content (AvgIpc) is 2.73. The van der Waals surface area contributed by atoms with E-state index in [9.17, 15) is 9.59 Å². The third-order valence-corrected chi connectivity index (χ3v) is 4.19. The van der Waals surface area contributed by atoms with Gasteiger partial charge in [-0.1, -0.05) is 13.8 Å². The topological polar surface area (TPSA) is 83.1 Å². The number of amides is 1. The zero-order chi connectivity index (χ0) is 21.9. The number of nitrogens with one attached hydrogen (secondary N) is 1. The molecule has 1 N–H and O–H groups in total. The number of rotatable bonds is 11. The van der Waals surface area contributed by atoms with Gasteiger partial charge < -0.3 is 24.3 Å². The van der Waals surface area contributed by atoms with Gasteiger partial charge >= 0.3 is 5.97 Å². The number of methoxy groups -OCH3 is 1. The Hall–Kier alpha value is -3.22. The zero-order valence-electron chi connectivity index (χ0n) is 17.8. The Bertz CT molecular complexity index is 801. The summed E-state index contributed by atoms with van der Waals surface area (Å²) < 4.78 is 21.4. The second-order valence-electron chi connectivity index (χ2n) is 6.88. The fraction of sp³-hybridized carbons (Fsp3) is 0.391. The summed E-state index contributed by atoms with van der Waals surface area (Å²) in [5, 5.41) is 2.76. The largest absolute Gasteiger partial charge is 0.497 e. The highest BCUT2D eigenvalue weighted by Gasteiger charge is 2.26. The number of hydrogen-bond donors (Lipinski definition) is 1. The van der Waals surface area contributed by atoms with Crippen molar-refractivity contribution in [2.45, 2.75) is 33.3 Å². The minimum Gasteiger partial charge on any atom is -0.497 e. The molecule has 0 aliphatic rings. The Labute approximate surface area is 177 Å². The third kappa shape index (κ3) is 7.31. The molecule has 0 aliphatic heterocycles. The molecule has 2 rings (SSSR count). The van der Waals surface area contributed by atoms with Crippen LogP contribution in [0, 0.1) is 5.92 Å². The first-order valence-electron chi connectivity index (χ1n) is 9.93. The van der Waals surface area contributed by atoms with Gasteiger partial charge in [-0.05, 0) is 61.4 Å². The van der Waals surface area contributed by atoms with Crippen molar-refractivity contribution in [1.82, 2.24) is 0 Å². The van der Waals surface area contributed by atoms with E-state index in [1.807, 2.05) is 20.8 Å². The number of carbonyl (C=O) groups is 2. The molecule has 1 unspecified atom stereocenters. The summed E-state index contributed by atoms with van der Waals surface area (Å²) in [5.41, 5.74) is 0.598. The lowest BCUT2D eigenvalue weighted by Crippen LogP contribution is -2.36. The van der Waals surface area contributed by atoms with Crippen molar-refractivity contribution in [2.75, 3.05) is 25.6 Å². The van der Waals surface area contributed by atoms with Gasteiger partial charge in [-0.3, -0.25) is 9.59 Å². The minimum absolute atomic E-state index is 0.0340. The van der Waals surface area contributed by atoms with E-state index in [1.54, 1.807) is 55.6 Å². The monoisotopic (exact) mass is 415 g/mol. The van der Waals surface area contributed by atoms with Crippen LogP contribution in [0.5, 0.6) is 17.2 Å². The molecule has 7 nitrogen and oxygen atoms in total. The van der Waals surface area contributed by atoms with Crippen molar-refractivity contribution in [3.05, 3.63) is 48.5 Å². The van der Waals surface area contributed by atoms with E-state index >= 15 is 0 Å². The SMILES string of the molecule is CCOc1ccc(OCCC(=O)OC(C(=O)Nc2ccc(OC)cc2)C(C)C)cc1. The molecule has 0 aliphatic carbocycles. The van der Waals surface area contributed by atoms with E-state index in [0.717, 1.165) is 5.75 Å². The Morgan fingerprint density at radius 3 is 2.00 bits per heavy atom. The van der Waals surface area contributed by atoms with Gasteiger partial charge in [0.2, 0.25) is 0 Å². The van der Waals surface area contributed by atoms with Gasteiger partial charge in [0.05, 0.1) is 26.7 Å². The van der Waals surface area contributed by atoms with Crippen molar-refractivity contribution in [3.63, 3.8) is 0 Å². The predicted octanol–water partition coefficient (Wildman–Crippen LogP) is 4.07. The van der Waals surface area contributed by atoms with Crippen LogP contribution in [0.2, 0.25) is 0 Å². The first-order chi connectivity index (χ1) is 14.4. The van der Waals surface area contributed by atoms with Crippen molar-refractivity contribution in [2.24, 2.45) is 5.92 Å². The Morgan fingerprint density at radius 2 is 1.47 bits per heavy atom. The molecular formula is C23H29NO6. The summed E-state index contributed by atoms with van der Waals surface area (Å²) in [7, 11) is 1.57. The summed E-state index contributed by atoms with van der Waals surface area (Å²) in [5.74, 6) is 1.02. The number of anilines is 1. The maximum Gasteiger partial charge on any atom is 0.310 e. The molecule has 0 aromatic heterocycles. The van der Waals surface area contributed by atoms with Crippen molar-refractivity contribution in [1.29, 1.82) is 0 Å². The molecule has 7 heteroatoms. The van der Waals surface area contributed by atoms with Crippen LogP contribution in [0.25, 0.3) is 0 Å². The molecule has 2 aromatic carbocycles. The van der Waals surface area contributed by atoms with Crippen LogP contribution in [-0.4, -0.2) is 38.3 Å². The molecule has 0 fully saturated rings. The van der Waals surface area contributed by atoms with Gasteiger partial charge in [0.15, 0.2) is 6.10 Å². The van der Waals surface area contributed by atoms with E-state index in [0.29, 0.717) is 23.8 Å². The number of esters is 1. The van der Waals surface area contributed by atoms with E-state index in [-0.39, 0.29) is 24.9 Å². The van der Waals surface area contributed by atoms with Crippen molar-refractivity contribution in [3.8, 4) is 17.2 Å². The highest BCUT2D eigenvalue weighted by atomic mass is 16.6. The Balaban J connectivity index is 1.82. The van der Waals surface area contributed by atoms with Crippen LogP contribution < -0.4 is 19.5 Å². The maximum atomic E-state index is 12.6. The molecule has 0 bridgehead atoms. The molecule has 1 amide bonds. The van der Waals surface area contributed by atoms with Crippen molar-refractivity contribution < 1.29 is 28.5 Å². The number of carbonyl (C=O) groups excluding carboxylic acids is 2. The molecule has 0 spiro atoms. The van der Waals surface area contributed by atoms with Crippen LogP contribution in [0.1, 0.15) is 27.2 Å². The van der Waals surface area contributed by atoms with Crippen LogP contribution in [0.15, 0.2) is 48.5 Å². The molecule has 0 saturated heterocycles. The number of benzene rings is 2. The number of ether oxygens (including phenoxy) is 4. The molecule has 30 heavy (non-hydrogen) atoms. The molecule has 0 radical (unpaired) electrons. The third-order valence-electron chi connectivity index (χ3n) is 4.19. The molecule has 2 aromatic rings. The van der Waals surface area contributed by atoms with Crippen molar-refractivity contribution >= 4 is 17.6 Å². The highest BCUT2D eigenvalue weighted by Crippen LogP contribution is 2.19. The van der Waals surface area contributed by atoms with Gasteiger partial charge in [-0.15, -0.1) is 0 Å². The lowest BCUT2D eigenvalue weighted by molar-refractivity contribution is -0.157. The maximum absolute atomic E-state index is 12.6. The van der Waals surface area contributed by atoms with Crippen LogP contribution in [0.4, 0.5) is 5.69 Å². The van der Waals surface area contributed by atoms with E-state index < -0.39 is 12.1 Å². The summed E-state index contributed by atoms with van der Waals surface area (Å²) in [6.45, 7) is 6.30. The summed E-state index contributed by atoms with van der Waals surface area (Å²) >= 11 is 0. The molecule has 0 heterocycles. The van der Waals surface area contributed by atoms with Gasteiger partial charge in [0, 0.05) is 5.69 Å². The van der Waals surface area contributed by atoms with E-state index in [1.165, 1.54) is 0 Å². The molecule has 0 saturated carbocycles. The smallest absolute Gasteiger partial charge is 0.310 e. The normalized spacial score (nSPS) is 11.5. The van der Waals surface area contributed by atoms with E-state index in [4.69, 9.17) is 18.9 Å². The number of hydrogen-bond acceptors (Lipinski definition) is 6. The summed E-state index contributed by atoms with van der Waals surface area (Å²) in [6.07, 6.45) is -0.864. The lowest BCUT2D eigenvalue weighted by atomic mass is 10.1. The van der Waals surface area contributed by atoms with Crippen LogP contribution in [0.3, 0.4) is 0 Å². The fourth-order valence-corrected chi connectivity index (χ4v) is 2.63. The van der Waals surface area contributed by atoms with Gasteiger partial charge in [0.1, 0.15) is 17.2 Å². The first-order valence-corrected chi connectivity index (χ1v) is 9.93. The Kier molecular flexibility index (Phi) is 9.00. The lowest BCUT2D eigenvalue weighted by Gasteiger charge is -2.21. The molecular weight excluding hydrogens is 386 g/mol. The summed E-state index contributed by atoms with van der Waals surface area (Å²) in [6, 6.07) is 14.1. The summed E-state index contributed by atoms with van der Waals surface area (Å²) in [4.78, 5) is 24.8. The quantitative estimate of drug-likeness (QED) is 0.557. The van der Waals surface area contributed by atoms with Crippen LogP contribution in [-0.2, 0) is 14.3 Å². The molecule has 1 atom stereocenters. The van der Waals surface area contributed by atoms with Gasteiger partial charge in [0.25, 0.3) is 5.91 Å². The fourth-order valence-electron chi connectivity index (χ4n) is 2.63. The minimum atomic E-state index is -0.898. The predicted molar refractivity (Wildman–Crippen MR) is 114 cm³/mol.